The lowest BCUT2D eigenvalue weighted by molar-refractivity contribution is -0.133. The van der Waals surface area contributed by atoms with Crippen molar-refractivity contribution in [3.8, 4) is 17.2 Å². The first-order valence-corrected chi connectivity index (χ1v) is 10.7. The molecule has 1 amide bonds. The number of benzene rings is 2. The van der Waals surface area contributed by atoms with E-state index in [1.165, 1.54) is 35.2 Å². The third-order valence-electron chi connectivity index (χ3n) is 5.65. The van der Waals surface area contributed by atoms with Crippen molar-refractivity contribution >= 4 is 16.8 Å². The van der Waals surface area contributed by atoms with Crippen molar-refractivity contribution in [3.05, 3.63) is 90.7 Å². The van der Waals surface area contributed by atoms with Gasteiger partial charge in [-0.15, -0.1) is 0 Å². The topological polar surface area (TPSA) is 69.5 Å². The Labute approximate surface area is 198 Å². The molecule has 1 aliphatic heterocycles. The van der Waals surface area contributed by atoms with Crippen LogP contribution in [0.4, 0.5) is 13.2 Å². The van der Waals surface area contributed by atoms with Gasteiger partial charge in [0.2, 0.25) is 5.91 Å². The summed E-state index contributed by atoms with van der Waals surface area (Å²) in [5.74, 6) is -2.77. The molecule has 1 atom stereocenters. The molecule has 2 aromatic carbocycles. The summed E-state index contributed by atoms with van der Waals surface area (Å²) >= 11 is 0. The fourth-order valence-corrected chi connectivity index (χ4v) is 3.97. The molecular weight excluding hydrogens is 461 g/mol. The van der Waals surface area contributed by atoms with Gasteiger partial charge in [-0.25, -0.2) is 17.9 Å². The second-order valence-corrected chi connectivity index (χ2v) is 7.81. The number of morpholine rings is 1. The fourth-order valence-electron chi connectivity index (χ4n) is 3.97. The van der Waals surface area contributed by atoms with Gasteiger partial charge in [0.05, 0.1) is 42.1 Å². The van der Waals surface area contributed by atoms with Crippen molar-refractivity contribution in [2.45, 2.75) is 6.10 Å². The molecule has 4 aromatic rings. The van der Waals surface area contributed by atoms with Gasteiger partial charge in [0.15, 0.2) is 23.2 Å². The zero-order valence-electron chi connectivity index (χ0n) is 18.3. The molecule has 0 N–H and O–H groups in total. The summed E-state index contributed by atoms with van der Waals surface area (Å²) in [6.07, 6.45) is 3.14. The summed E-state index contributed by atoms with van der Waals surface area (Å²) in [6, 6.07) is 9.71. The van der Waals surface area contributed by atoms with Gasteiger partial charge in [0, 0.05) is 6.54 Å². The molecular formula is C25H19F3N4O3. The van der Waals surface area contributed by atoms with Crippen LogP contribution in [-0.2, 0) is 9.53 Å². The van der Waals surface area contributed by atoms with E-state index in [9.17, 15) is 18.0 Å². The van der Waals surface area contributed by atoms with Crippen molar-refractivity contribution in [2.24, 2.45) is 0 Å². The second-order valence-electron chi connectivity index (χ2n) is 7.81. The molecule has 178 valence electrons. The minimum Gasteiger partial charge on any atom is -0.451 e. The molecule has 0 bridgehead atoms. The molecule has 0 saturated carbocycles. The smallest absolute Gasteiger partial charge is 0.246 e. The maximum atomic E-state index is 14.9. The van der Waals surface area contributed by atoms with Crippen molar-refractivity contribution < 1.29 is 27.4 Å². The molecule has 5 rings (SSSR count). The van der Waals surface area contributed by atoms with Crippen molar-refractivity contribution in [2.75, 3.05) is 19.7 Å². The van der Waals surface area contributed by atoms with E-state index in [0.29, 0.717) is 23.4 Å². The van der Waals surface area contributed by atoms with Crippen LogP contribution in [-0.4, -0.2) is 45.3 Å². The van der Waals surface area contributed by atoms with E-state index in [1.807, 2.05) is 0 Å². The summed E-state index contributed by atoms with van der Waals surface area (Å²) in [5, 5.41) is 4.82. The van der Waals surface area contributed by atoms with Crippen molar-refractivity contribution in [1.82, 2.24) is 19.7 Å². The number of hydrogen-bond donors (Lipinski definition) is 0. The molecule has 0 radical (unpaired) electrons. The van der Waals surface area contributed by atoms with Gasteiger partial charge in [-0.2, -0.15) is 5.10 Å². The monoisotopic (exact) mass is 480 g/mol. The molecule has 1 fully saturated rings. The molecule has 0 aliphatic carbocycles. The molecule has 35 heavy (non-hydrogen) atoms. The number of nitrogens with zero attached hydrogens (tertiary/aromatic N) is 4. The minimum atomic E-state index is -0.824. The maximum Gasteiger partial charge on any atom is 0.246 e. The summed E-state index contributed by atoms with van der Waals surface area (Å²) in [4.78, 5) is 17.6. The minimum absolute atomic E-state index is 0.194. The predicted octanol–water partition coefficient (Wildman–Crippen LogP) is 4.72. The number of carbonyl (C=O) groups excluding carboxylic acids is 1. The van der Waals surface area contributed by atoms with E-state index >= 15 is 0 Å². The zero-order chi connectivity index (χ0) is 24.5. The Bertz CT molecular complexity index is 1400. The van der Waals surface area contributed by atoms with E-state index in [4.69, 9.17) is 9.47 Å². The summed E-state index contributed by atoms with van der Waals surface area (Å²) in [7, 11) is 0. The van der Waals surface area contributed by atoms with Crippen LogP contribution < -0.4 is 4.74 Å². The highest BCUT2D eigenvalue weighted by Gasteiger charge is 2.30. The summed E-state index contributed by atoms with van der Waals surface area (Å²) in [6.45, 7) is 4.37. The second kappa shape index (κ2) is 9.22. The van der Waals surface area contributed by atoms with Crippen LogP contribution in [0.15, 0.2) is 67.5 Å². The molecule has 0 spiro atoms. The highest BCUT2D eigenvalue weighted by Crippen LogP contribution is 2.33. The molecule has 1 aliphatic rings. The molecule has 10 heteroatoms. The van der Waals surface area contributed by atoms with Crippen LogP contribution in [0.25, 0.3) is 16.6 Å². The molecule has 7 nitrogen and oxygen atoms in total. The van der Waals surface area contributed by atoms with Crippen LogP contribution in [0.5, 0.6) is 11.5 Å². The Morgan fingerprint density at radius 1 is 1.09 bits per heavy atom. The average Bonchev–Trinajstić information content (AvgIpc) is 3.27. The largest absolute Gasteiger partial charge is 0.451 e. The fraction of sp³-hybridized carbons (Fsp3) is 0.160. The number of para-hydroxylation sites is 1. The first-order valence-electron chi connectivity index (χ1n) is 10.7. The Hall–Kier alpha value is -4.18. The van der Waals surface area contributed by atoms with E-state index in [2.05, 4.69) is 16.7 Å². The highest BCUT2D eigenvalue weighted by molar-refractivity contribution is 5.87. The van der Waals surface area contributed by atoms with Crippen molar-refractivity contribution in [1.29, 1.82) is 0 Å². The average molecular weight is 480 g/mol. The van der Waals surface area contributed by atoms with Crippen LogP contribution in [0.2, 0.25) is 0 Å². The number of ether oxygens (including phenoxy) is 2. The normalized spacial score (nSPS) is 15.9. The van der Waals surface area contributed by atoms with Crippen LogP contribution in [0.3, 0.4) is 0 Å². The lowest BCUT2D eigenvalue weighted by Gasteiger charge is -2.31. The lowest BCUT2D eigenvalue weighted by atomic mass is 10.1. The zero-order valence-corrected chi connectivity index (χ0v) is 18.3. The SMILES string of the molecule is C=CC(=O)N1CCO[C@@H](c2nn(-c3ccc(Oc4c(F)cccc4F)cc3)c3cncc(F)c23)C1. The molecule has 1 saturated heterocycles. The Kier molecular flexibility index (Phi) is 5.96. The van der Waals surface area contributed by atoms with E-state index in [-0.39, 0.29) is 30.2 Å². The van der Waals surface area contributed by atoms with Gasteiger partial charge < -0.3 is 14.4 Å². The van der Waals surface area contributed by atoms with Crippen LogP contribution in [0.1, 0.15) is 11.8 Å². The first-order chi connectivity index (χ1) is 17.0. The number of amides is 1. The molecule has 2 aromatic heterocycles. The highest BCUT2D eigenvalue weighted by atomic mass is 19.1. The van der Waals surface area contributed by atoms with Gasteiger partial charge in [-0.05, 0) is 42.5 Å². The third kappa shape index (κ3) is 4.24. The van der Waals surface area contributed by atoms with Gasteiger partial charge in [-0.1, -0.05) is 12.6 Å². The number of pyridine rings is 1. The Morgan fingerprint density at radius 3 is 2.54 bits per heavy atom. The molecule has 0 unspecified atom stereocenters. The summed E-state index contributed by atoms with van der Waals surface area (Å²) < 4.78 is 55.4. The number of fused-ring (bicyclic) bond motifs is 1. The van der Waals surface area contributed by atoms with E-state index < -0.39 is 29.3 Å². The molecule has 3 heterocycles. The van der Waals surface area contributed by atoms with Gasteiger partial charge >= 0.3 is 0 Å². The van der Waals surface area contributed by atoms with E-state index in [0.717, 1.165) is 18.3 Å². The summed E-state index contributed by atoms with van der Waals surface area (Å²) in [5.41, 5.74) is 1.25. The van der Waals surface area contributed by atoms with Gasteiger partial charge in [0.1, 0.15) is 17.5 Å². The van der Waals surface area contributed by atoms with Gasteiger partial charge in [0.25, 0.3) is 0 Å². The first kappa shape index (κ1) is 22.6. The number of hydrogen-bond acceptors (Lipinski definition) is 5. The predicted molar refractivity (Wildman–Crippen MR) is 121 cm³/mol. The number of aromatic nitrogens is 3. The van der Waals surface area contributed by atoms with Crippen LogP contribution in [0, 0.1) is 17.5 Å². The number of carbonyl (C=O) groups is 1. The lowest BCUT2D eigenvalue weighted by Crippen LogP contribution is -2.41. The van der Waals surface area contributed by atoms with Crippen molar-refractivity contribution in [3.63, 3.8) is 0 Å². The van der Waals surface area contributed by atoms with E-state index in [1.54, 1.807) is 17.0 Å². The van der Waals surface area contributed by atoms with Crippen LogP contribution >= 0.6 is 0 Å². The maximum absolute atomic E-state index is 14.9. The Balaban J connectivity index is 1.50. The quantitative estimate of drug-likeness (QED) is 0.387. The number of rotatable bonds is 5. The number of halogens is 3. The standard InChI is InChI=1S/C25H19F3N4O3/c1-2-22(33)31-10-11-34-21(14-31)24-23-19(28)12-29-13-20(23)32(30-24)15-6-8-16(9-7-15)35-25-17(26)4-3-5-18(25)27/h2-9,12-13,21H,1,10-11,14H2/t21-/m1/s1. The Morgan fingerprint density at radius 2 is 1.83 bits per heavy atom. The third-order valence-corrected chi connectivity index (χ3v) is 5.65. The van der Waals surface area contributed by atoms with Gasteiger partial charge in [-0.3, -0.25) is 9.78 Å².